The first-order valence-electron chi connectivity index (χ1n) is 10.2. The highest BCUT2D eigenvalue weighted by atomic mass is 32.2. The van der Waals surface area contributed by atoms with Crippen molar-refractivity contribution in [2.45, 2.75) is 17.1 Å². The van der Waals surface area contributed by atoms with Gasteiger partial charge in [-0.1, -0.05) is 29.5 Å². The number of aromatic nitrogens is 3. The summed E-state index contributed by atoms with van der Waals surface area (Å²) in [6.45, 7) is 0. The standard InChI is InChI=1S/C23H19F3N4O4S/c1-29(35(32,33)18-13-9-16(10-14-18)23(24,25)26)22(31)21(15-7-11-17(34-2)12-8-15)30-20-6-4-3-5-19(20)27-28-30/h3-14,21H,1-2H3/t21-/m1/s1. The van der Waals surface area contributed by atoms with E-state index >= 15 is 0 Å². The van der Waals surface area contributed by atoms with Crippen LogP contribution in [-0.2, 0) is 21.0 Å². The highest BCUT2D eigenvalue weighted by Crippen LogP contribution is 2.31. The topological polar surface area (TPSA) is 94.4 Å². The third kappa shape index (κ3) is 4.56. The van der Waals surface area contributed by atoms with E-state index in [4.69, 9.17) is 4.74 Å². The zero-order valence-corrected chi connectivity index (χ0v) is 19.3. The number of carbonyl (C=O) groups excluding carboxylic acids is 1. The molecule has 1 atom stereocenters. The SMILES string of the molecule is COc1ccc([C@H](C(=O)N(C)S(=O)(=O)c2ccc(C(F)(F)F)cc2)n2nnc3ccccc32)cc1. The zero-order chi connectivity index (χ0) is 25.4. The van der Waals surface area contributed by atoms with Crippen LogP contribution in [0, 0.1) is 0 Å². The molecule has 1 heterocycles. The Morgan fingerprint density at radius 2 is 1.63 bits per heavy atom. The number of para-hydroxylation sites is 1. The quantitative estimate of drug-likeness (QED) is 0.396. The normalized spacial score (nSPS) is 12.9. The fraction of sp³-hybridized carbons (Fsp3) is 0.174. The van der Waals surface area contributed by atoms with Crippen LogP contribution in [0.4, 0.5) is 13.2 Å². The number of halogens is 3. The number of nitrogens with zero attached hydrogens (tertiary/aromatic N) is 4. The minimum absolute atomic E-state index is 0.404. The van der Waals surface area contributed by atoms with E-state index in [1.165, 1.54) is 11.8 Å². The molecule has 182 valence electrons. The van der Waals surface area contributed by atoms with Gasteiger partial charge in [-0.15, -0.1) is 5.10 Å². The summed E-state index contributed by atoms with van der Waals surface area (Å²) >= 11 is 0. The van der Waals surface area contributed by atoms with Crippen LogP contribution in [-0.4, -0.2) is 47.8 Å². The predicted octanol–water partition coefficient (Wildman–Crippen LogP) is 3.90. The van der Waals surface area contributed by atoms with Crippen LogP contribution in [0.1, 0.15) is 17.2 Å². The van der Waals surface area contributed by atoms with E-state index in [1.54, 1.807) is 48.5 Å². The molecule has 0 N–H and O–H groups in total. The molecule has 4 aromatic rings. The number of rotatable bonds is 6. The number of likely N-dealkylation sites (N-methyl/N-ethyl adjacent to an activating group) is 1. The van der Waals surface area contributed by atoms with Crippen LogP contribution in [0.3, 0.4) is 0 Å². The second-order valence-electron chi connectivity index (χ2n) is 7.53. The zero-order valence-electron chi connectivity index (χ0n) is 18.5. The van der Waals surface area contributed by atoms with Crippen molar-refractivity contribution in [2.75, 3.05) is 14.2 Å². The molecule has 1 aromatic heterocycles. The molecule has 12 heteroatoms. The highest BCUT2D eigenvalue weighted by Gasteiger charge is 2.36. The average molecular weight is 504 g/mol. The van der Waals surface area contributed by atoms with Gasteiger partial charge >= 0.3 is 6.18 Å². The lowest BCUT2D eigenvalue weighted by atomic mass is 10.1. The van der Waals surface area contributed by atoms with E-state index in [1.807, 2.05) is 0 Å². The van der Waals surface area contributed by atoms with Crippen molar-refractivity contribution in [3.63, 3.8) is 0 Å². The highest BCUT2D eigenvalue weighted by molar-refractivity contribution is 7.89. The summed E-state index contributed by atoms with van der Waals surface area (Å²) < 4.78 is 72.0. The van der Waals surface area contributed by atoms with Crippen molar-refractivity contribution >= 4 is 27.0 Å². The molecule has 0 saturated heterocycles. The summed E-state index contributed by atoms with van der Waals surface area (Å²) in [5, 5.41) is 8.13. The van der Waals surface area contributed by atoms with E-state index in [0.29, 0.717) is 38.8 Å². The number of hydrogen-bond donors (Lipinski definition) is 0. The van der Waals surface area contributed by atoms with Gasteiger partial charge in [0.05, 0.1) is 23.1 Å². The minimum atomic E-state index is -4.63. The maximum absolute atomic E-state index is 13.6. The Bertz CT molecular complexity index is 1470. The van der Waals surface area contributed by atoms with Crippen molar-refractivity contribution in [3.05, 3.63) is 83.9 Å². The van der Waals surface area contributed by atoms with Crippen molar-refractivity contribution in [1.29, 1.82) is 0 Å². The number of amides is 1. The lowest BCUT2D eigenvalue weighted by Crippen LogP contribution is -2.39. The Hall–Kier alpha value is -3.93. The molecule has 8 nitrogen and oxygen atoms in total. The van der Waals surface area contributed by atoms with Gasteiger partial charge in [-0.05, 0) is 54.1 Å². The molecule has 0 radical (unpaired) electrons. The van der Waals surface area contributed by atoms with Crippen LogP contribution in [0.15, 0.2) is 77.7 Å². The van der Waals surface area contributed by atoms with Gasteiger partial charge in [0.2, 0.25) is 0 Å². The Kier molecular flexibility index (Phi) is 6.24. The molecular weight excluding hydrogens is 485 g/mol. The number of alkyl halides is 3. The molecule has 0 aliphatic carbocycles. The van der Waals surface area contributed by atoms with Crippen molar-refractivity contribution < 1.29 is 31.1 Å². The summed E-state index contributed by atoms with van der Waals surface area (Å²) in [5.41, 5.74) is 0.380. The van der Waals surface area contributed by atoms with E-state index < -0.39 is 38.6 Å². The second kappa shape index (κ2) is 9.02. The summed E-state index contributed by atoms with van der Waals surface area (Å²) in [5.74, 6) is -0.361. The number of sulfonamides is 1. The number of methoxy groups -OCH3 is 1. The van der Waals surface area contributed by atoms with Crippen LogP contribution >= 0.6 is 0 Å². The monoisotopic (exact) mass is 504 g/mol. The number of fused-ring (bicyclic) bond motifs is 1. The average Bonchev–Trinajstić information content (AvgIpc) is 3.27. The Morgan fingerprint density at radius 3 is 2.23 bits per heavy atom. The van der Waals surface area contributed by atoms with E-state index in [0.717, 1.165) is 19.2 Å². The van der Waals surface area contributed by atoms with Gasteiger partial charge < -0.3 is 4.74 Å². The summed E-state index contributed by atoms with van der Waals surface area (Å²) in [6, 6.07) is 14.9. The maximum atomic E-state index is 13.6. The van der Waals surface area contributed by atoms with Gasteiger partial charge in [-0.25, -0.2) is 17.4 Å². The molecule has 1 amide bonds. The molecule has 0 spiro atoms. The van der Waals surface area contributed by atoms with Crippen molar-refractivity contribution in [3.8, 4) is 5.75 Å². The molecule has 4 rings (SSSR count). The molecule has 0 aliphatic rings. The number of benzene rings is 3. The summed E-state index contributed by atoms with van der Waals surface area (Å²) in [7, 11) is -1.95. The first-order chi connectivity index (χ1) is 16.5. The van der Waals surface area contributed by atoms with Gasteiger partial charge in [0.1, 0.15) is 11.3 Å². The lowest BCUT2D eigenvalue weighted by Gasteiger charge is -2.24. The van der Waals surface area contributed by atoms with E-state index in [-0.39, 0.29) is 0 Å². The second-order valence-corrected chi connectivity index (χ2v) is 9.50. The summed E-state index contributed by atoms with van der Waals surface area (Å²) in [4.78, 5) is 13.2. The molecule has 0 bridgehead atoms. The van der Waals surface area contributed by atoms with Gasteiger partial charge in [0.15, 0.2) is 6.04 Å². The molecule has 0 saturated carbocycles. The molecular formula is C23H19F3N4O4S. The van der Waals surface area contributed by atoms with E-state index in [2.05, 4.69) is 10.3 Å². The first-order valence-corrected chi connectivity index (χ1v) is 11.6. The van der Waals surface area contributed by atoms with Gasteiger partial charge in [0.25, 0.3) is 15.9 Å². The maximum Gasteiger partial charge on any atom is 0.416 e. The van der Waals surface area contributed by atoms with Crippen LogP contribution < -0.4 is 4.74 Å². The smallest absolute Gasteiger partial charge is 0.416 e. The Labute approximate surface area is 198 Å². The number of ether oxygens (including phenoxy) is 1. The van der Waals surface area contributed by atoms with Crippen molar-refractivity contribution in [1.82, 2.24) is 19.3 Å². The minimum Gasteiger partial charge on any atom is -0.497 e. The Balaban J connectivity index is 1.77. The molecule has 35 heavy (non-hydrogen) atoms. The van der Waals surface area contributed by atoms with E-state index in [9.17, 15) is 26.4 Å². The summed E-state index contributed by atoms with van der Waals surface area (Å²) in [6.07, 6.45) is -4.63. The van der Waals surface area contributed by atoms with Crippen LogP contribution in [0.2, 0.25) is 0 Å². The van der Waals surface area contributed by atoms with Gasteiger partial charge in [0, 0.05) is 7.05 Å². The Morgan fingerprint density at radius 1 is 1.00 bits per heavy atom. The fourth-order valence-corrected chi connectivity index (χ4v) is 4.65. The third-order valence-corrected chi connectivity index (χ3v) is 7.21. The van der Waals surface area contributed by atoms with Gasteiger partial charge in [-0.2, -0.15) is 13.2 Å². The number of carbonyl (C=O) groups is 1. The largest absolute Gasteiger partial charge is 0.497 e. The number of hydrogen-bond acceptors (Lipinski definition) is 6. The third-order valence-electron chi connectivity index (χ3n) is 5.44. The van der Waals surface area contributed by atoms with Gasteiger partial charge in [-0.3, -0.25) is 4.79 Å². The molecule has 0 unspecified atom stereocenters. The first kappa shape index (κ1) is 24.2. The van der Waals surface area contributed by atoms with Crippen LogP contribution in [0.5, 0.6) is 5.75 Å². The van der Waals surface area contributed by atoms with Crippen LogP contribution in [0.25, 0.3) is 11.0 Å². The molecule has 0 fully saturated rings. The van der Waals surface area contributed by atoms with Crippen molar-refractivity contribution in [2.24, 2.45) is 0 Å². The predicted molar refractivity (Wildman–Crippen MR) is 120 cm³/mol. The fourth-order valence-electron chi connectivity index (χ4n) is 3.52. The lowest BCUT2D eigenvalue weighted by molar-refractivity contribution is -0.137. The molecule has 0 aliphatic heterocycles. The molecule has 3 aromatic carbocycles.